The lowest BCUT2D eigenvalue weighted by molar-refractivity contribution is -0.139. The maximum atomic E-state index is 13.4. The first-order valence-corrected chi connectivity index (χ1v) is 10.5. The second kappa shape index (κ2) is 7.30. The van der Waals surface area contributed by atoms with Crippen molar-refractivity contribution in [3.8, 4) is 11.5 Å². The highest BCUT2D eigenvalue weighted by Crippen LogP contribution is 2.48. The Morgan fingerprint density at radius 3 is 2.65 bits per heavy atom. The standard InChI is InChI=1S/C23H26N2O6/c1-11-14-8-25-9-15-21(18(25)5-12(14)16(10-31-11)23(27)30-4)24-17-7-20(29-3)19(28-2)6-13(17)22(15)26/h6-7,10-12,14,18H,5,8-9H2,1-4H3,(H,24,26)/t11-,12-,14+,18-/m0/s1. The number of esters is 1. The zero-order chi connectivity index (χ0) is 21.9. The highest BCUT2D eigenvalue weighted by atomic mass is 16.5. The maximum absolute atomic E-state index is 13.4. The summed E-state index contributed by atoms with van der Waals surface area (Å²) in [7, 11) is 4.52. The predicted molar refractivity (Wildman–Crippen MR) is 113 cm³/mol. The van der Waals surface area contributed by atoms with Crippen LogP contribution in [0.15, 0.2) is 28.8 Å². The van der Waals surface area contributed by atoms with Crippen LogP contribution in [0, 0.1) is 11.8 Å². The molecule has 4 heterocycles. The number of piperidine rings is 1. The Kier molecular flexibility index (Phi) is 4.69. The van der Waals surface area contributed by atoms with E-state index in [0.717, 1.165) is 29.7 Å². The van der Waals surface area contributed by atoms with Crippen molar-refractivity contribution < 1.29 is 23.7 Å². The van der Waals surface area contributed by atoms with Gasteiger partial charge in [-0.25, -0.2) is 4.79 Å². The normalized spacial score (nSPS) is 26.9. The molecular formula is C23H26N2O6. The van der Waals surface area contributed by atoms with Crippen molar-refractivity contribution in [3.63, 3.8) is 0 Å². The van der Waals surface area contributed by atoms with Crippen LogP contribution in [0.3, 0.4) is 0 Å². The van der Waals surface area contributed by atoms with Gasteiger partial charge in [0.1, 0.15) is 0 Å². The third kappa shape index (κ3) is 2.92. The van der Waals surface area contributed by atoms with E-state index in [1.165, 1.54) is 7.11 Å². The topological polar surface area (TPSA) is 90.1 Å². The SMILES string of the molecule is COC(=O)C1=CO[C@@H](C)[C@H]2CN3Cc4c([nH]c5cc(OC)c(OC)cc5c4=O)[C@@H]3C[C@H]12. The van der Waals surface area contributed by atoms with Gasteiger partial charge in [-0.3, -0.25) is 9.69 Å². The molecular weight excluding hydrogens is 400 g/mol. The number of methoxy groups -OCH3 is 3. The number of ether oxygens (including phenoxy) is 4. The largest absolute Gasteiger partial charge is 0.497 e. The molecule has 0 bridgehead atoms. The summed E-state index contributed by atoms with van der Waals surface area (Å²) in [5.74, 6) is 0.930. The minimum Gasteiger partial charge on any atom is -0.497 e. The fourth-order valence-electron chi connectivity index (χ4n) is 5.40. The molecule has 4 atom stereocenters. The van der Waals surface area contributed by atoms with E-state index in [4.69, 9.17) is 18.9 Å². The number of carbonyl (C=O) groups excluding carboxylic acids is 1. The number of nitrogens with zero attached hydrogens (tertiary/aromatic N) is 1. The number of hydrogen-bond donors (Lipinski definition) is 1. The molecule has 0 saturated carbocycles. The predicted octanol–water partition coefficient (Wildman–Crippen LogP) is 2.51. The van der Waals surface area contributed by atoms with E-state index in [0.29, 0.717) is 29.0 Å². The Morgan fingerprint density at radius 1 is 1.19 bits per heavy atom. The van der Waals surface area contributed by atoms with Gasteiger partial charge in [0, 0.05) is 47.6 Å². The molecule has 0 spiro atoms. The molecule has 0 radical (unpaired) electrons. The van der Waals surface area contributed by atoms with Crippen LogP contribution >= 0.6 is 0 Å². The number of hydrogen-bond acceptors (Lipinski definition) is 7. The van der Waals surface area contributed by atoms with Gasteiger partial charge in [-0.2, -0.15) is 0 Å². The fraction of sp³-hybridized carbons (Fsp3) is 0.478. The third-order valence-electron chi connectivity index (χ3n) is 7.04. The molecule has 0 unspecified atom stereocenters. The zero-order valence-electron chi connectivity index (χ0n) is 18.1. The van der Waals surface area contributed by atoms with E-state index < -0.39 is 0 Å². The lowest BCUT2D eigenvalue weighted by atomic mass is 9.74. The summed E-state index contributed by atoms with van der Waals surface area (Å²) in [5.41, 5.74) is 3.00. The van der Waals surface area contributed by atoms with Crippen LogP contribution in [-0.2, 0) is 20.8 Å². The molecule has 0 aliphatic carbocycles. The minimum atomic E-state index is -0.350. The van der Waals surface area contributed by atoms with Gasteiger partial charge in [0.05, 0.1) is 50.8 Å². The molecule has 3 aliphatic rings. The molecule has 1 fully saturated rings. The summed E-state index contributed by atoms with van der Waals surface area (Å²) >= 11 is 0. The number of fused-ring (bicyclic) bond motifs is 5. The van der Waals surface area contributed by atoms with Crippen molar-refractivity contribution in [1.82, 2.24) is 9.88 Å². The number of rotatable bonds is 3. The molecule has 1 N–H and O–H groups in total. The number of H-pyrrole nitrogens is 1. The lowest BCUT2D eigenvalue weighted by Crippen LogP contribution is -2.47. The van der Waals surface area contributed by atoms with Gasteiger partial charge >= 0.3 is 5.97 Å². The van der Waals surface area contributed by atoms with Crippen molar-refractivity contribution >= 4 is 16.9 Å². The van der Waals surface area contributed by atoms with Gasteiger partial charge in [0.25, 0.3) is 0 Å². The molecule has 3 aliphatic heterocycles. The van der Waals surface area contributed by atoms with Crippen LogP contribution < -0.4 is 14.9 Å². The molecule has 2 aromatic rings. The number of nitrogens with one attached hydrogen (secondary N) is 1. The van der Waals surface area contributed by atoms with Crippen LogP contribution in [0.4, 0.5) is 0 Å². The first-order valence-electron chi connectivity index (χ1n) is 10.5. The average Bonchev–Trinajstić information content (AvgIpc) is 3.15. The second-order valence-corrected chi connectivity index (χ2v) is 8.46. The summed E-state index contributed by atoms with van der Waals surface area (Å²) in [6, 6.07) is 3.57. The molecule has 164 valence electrons. The Labute approximate surface area is 179 Å². The molecule has 8 nitrogen and oxygen atoms in total. The van der Waals surface area contributed by atoms with E-state index in [1.807, 2.05) is 6.92 Å². The Balaban J connectivity index is 1.59. The van der Waals surface area contributed by atoms with Crippen LogP contribution in [0.25, 0.3) is 10.9 Å². The zero-order valence-corrected chi connectivity index (χ0v) is 18.1. The van der Waals surface area contributed by atoms with Crippen molar-refractivity contribution in [2.24, 2.45) is 11.8 Å². The van der Waals surface area contributed by atoms with Gasteiger partial charge in [-0.05, 0) is 19.4 Å². The smallest absolute Gasteiger partial charge is 0.337 e. The highest BCUT2D eigenvalue weighted by molar-refractivity contribution is 5.89. The molecule has 8 heteroatoms. The van der Waals surface area contributed by atoms with Crippen LogP contribution in [0.1, 0.15) is 30.6 Å². The van der Waals surface area contributed by atoms with E-state index >= 15 is 0 Å². The quantitative estimate of drug-likeness (QED) is 0.755. The van der Waals surface area contributed by atoms with E-state index in [-0.39, 0.29) is 35.4 Å². The minimum absolute atomic E-state index is 0.00800. The fourth-order valence-corrected chi connectivity index (χ4v) is 5.40. The Morgan fingerprint density at radius 2 is 1.94 bits per heavy atom. The first kappa shape index (κ1) is 19.9. The highest BCUT2D eigenvalue weighted by Gasteiger charge is 2.48. The van der Waals surface area contributed by atoms with Crippen LogP contribution in [-0.4, -0.2) is 49.8 Å². The van der Waals surface area contributed by atoms with Gasteiger partial charge in [-0.15, -0.1) is 0 Å². The Bertz CT molecular complexity index is 1150. The Hall–Kier alpha value is -3.00. The molecule has 1 saturated heterocycles. The summed E-state index contributed by atoms with van der Waals surface area (Å²) in [4.78, 5) is 31.5. The number of pyridine rings is 1. The van der Waals surface area contributed by atoms with Gasteiger partial charge < -0.3 is 23.9 Å². The first-order chi connectivity index (χ1) is 15.0. The summed E-state index contributed by atoms with van der Waals surface area (Å²) < 4.78 is 21.6. The third-order valence-corrected chi connectivity index (χ3v) is 7.04. The van der Waals surface area contributed by atoms with Gasteiger partial charge in [-0.1, -0.05) is 0 Å². The van der Waals surface area contributed by atoms with Gasteiger partial charge in [0.15, 0.2) is 16.9 Å². The molecule has 31 heavy (non-hydrogen) atoms. The molecule has 0 amide bonds. The van der Waals surface area contributed by atoms with E-state index in [2.05, 4.69) is 9.88 Å². The van der Waals surface area contributed by atoms with Crippen LogP contribution in [0.2, 0.25) is 0 Å². The molecule has 1 aromatic heterocycles. The summed E-state index contributed by atoms with van der Waals surface area (Å²) in [6.45, 7) is 3.35. The number of benzene rings is 1. The second-order valence-electron chi connectivity index (χ2n) is 8.46. The lowest BCUT2D eigenvalue weighted by Gasteiger charge is -2.45. The van der Waals surface area contributed by atoms with Crippen molar-refractivity contribution in [2.75, 3.05) is 27.9 Å². The summed E-state index contributed by atoms with van der Waals surface area (Å²) in [6.07, 6.45) is 2.27. The molecule has 1 aromatic carbocycles. The van der Waals surface area contributed by atoms with Crippen molar-refractivity contribution in [3.05, 3.63) is 45.4 Å². The maximum Gasteiger partial charge on any atom is 0.337 e. The average molecular weight is 426 g/mol. The van der Waals surface area contributed by atoms with Crippen molar-refractivity contribution in [1.29, 1.82) is 0 Å². The van der Waals surface area contributed by atoms with E-state index in [9.17, 15) is 9.59 Å². The van der Waals surface area contributed by atoms with Crippen LogP contribution in [0.5, 0.6) is 11.5 Å². The number of aromatic amines is 1. The molecule has 5 rings (SSSR count). The monoisotopic (exact) mass is 426 g/mol. The van der Waals surface area contributed by atoms with E-state index in [1.54, 1.807) is 32.6 Å². The van der Waals surface area contributed by atoms with Gasteiger partial charge in [0.2, 0.25) is 0 Å². The summed E-state index contributed by atoms with van der Waals surface area (Å²) in [5, 5.41) is 0.584. The number of carbonyl (C=O) groups is 1. The van der Waals surface area contributed by atoms with Crippen molar-refractivity contribution in [2.45, 2.75) is 32.0 Å². The number of aromatic nitrogens is 1.